The van der Waals surface area contributed by atoms with Crippen LogP contribution in [0.15, 0.2) is 12.4 Å². The van der Waals surface area contributed by atoms with E-state index in [0.717, 1.165) is 32.5 Å². The quantitative estimate of drug-likeness (QED) is 0.788. The van der Waals surface area contributed by atoms with Crippen LogP contribution in [0, 0.1) is 0 Å². The summed E-state index contributed by atoms with van der Waals surface area (Å²) in [6, 6.07) is 0.310. The highest BCUT2D eigenvalue weighted by Gasteiger charge is 2.20. The Morgan fingerprint density at radius 1 is 1.62 bits per heavy atom. The van der Waals surface area contributed by atoms with Crippen LogP contribution in [-0.2, 0) is 0 Å². The van der Waals surface area contributed by atoms with Crippen LogP contribution < -0.4 is 5.32 Å². The van der Waals surface area contributed by atoms with Gasteiger partial charge in [-0.05, 0) is 19.4 Å². The van der Waals surface area contributed by atoms with E-state index in [1.54, 1.807) is 12.4 Å². The zero-order valence-electron chi connectivity index (χ0n) is 9.57. The van der Waals surface area contributed by atoms with Gasteiger partial charge in [0.05, 0.1) is 11.8 Å². The van der Waals surface area contributed by atoms with Gasteiger partial charge in [-0.3, -0.25) is 9.89 Å². The van der Waals surface area contributed by atoms with Gasteiger partial charge < -0.3 is 10.2 Å². The lowest BCUT2D eigenvalue weighted by atomic mass is 10.0. The third kappa shape index (κ3) is 2.61. The zero-order chi connectivity index (χ0) is 11.4. The lowest BCUT2D eigenvalue weighted by Crippen LogP contribution is -2.44. The molecule has 2 heterocycles. The maximum absolute atomic E-state index is 11.7. The maximum atomic E-state index is 11.7. The Bertz CT molecular complexity index is 328. The van der Waals surface area contributed by atoms with E-state index >= 15 is 0 Å². The molecule has 0 spiro atoms. The van der Waals surface area contributed by atoms with Gasteiger partial charge >= 0.3 is 0 Å². The first-order chi connectivity index (χ1) is 7.79. The molecule has 1 fully saturated rings. The molecular weight excluding hydrogens is 204 g/mol. The van der Waals surface area contributed by atoms with E-state index in [1.165, 1.54) is 0 Å². The molecule has 0 radical (unpaired) electrons. The second kappa shape index (κ2) is 5.12. The van der Waals surface area contributed by atoms with Crippen molar-refractivity contribution < 1.29 is 4.79 Å². The highest BCUT2D eigenvalue weighted by atomic mass is 16.1. The number of H-pyrrole nitrogens is 1. The van der Waals surface area contributed by atoms with Crippen molar-refractivity contribution >= 4 is 5.91 Å². The summed E-state index contributed by atoms with van der Waals surface area (Å²) in [4.78, 5) is 14.1. The van der Waals surface area contributed by atoms with Gasteiger partial charge in [0.25, 0.3) is 5.91 Å². The van der Waals surface area contributed by atoms with E-state index in [1.807, 2.05) is 0 Å². The number of nitrogens with one attached hydrogen (secondary N) is 2. The van der Waals surface area contributed by atoms with Gasteiger partial charge in [0, 0.05) is 25.3 Å². The van der Waals surface area contributed by atoms with Gasteiger partial charge in [-0.2, -0.15) is 5.10 Å². The summed E-state index contributed by atoms with van der Waals surface area (Å²) in [6.45, 7) is 5.42. The van der Waals surface area contributed by atoms with Gasteiger partial charge in [0.15, 0.2) is 0 Å². The summed E-state index contributed by atoms with van der Waals surface area (Å²) in [7, 11) is 0. The highest BCUT2D eigenvalue weighted by Crippen LogP contribution is 2.10. The van der Waals surface area contributed by atoms with Crippen LogP contribution in [0.2, 0.25) is 0 Å². The van der Waals surface area contributed by atoms with Crippen molar-refractivity contribution in [1.29, 1.82) is 0 Å². The fraction of sp³-hybridized carbons (Fsp3) is 0.636. The summed E-state index contributed by atoms with van der Waals surface area (Å²) in [5.41, 5.74) is 0.609. The van der Waals surface area contributed by atoms with Gasteiger partial charge in [-0.25, -0.2) is 0 Å². The fourth-order valence-electron chi connectivity index (χ4n) is 2.04. The Morgan fingerprint density at radius 3 is 2.94 bits per heavy atom. The minimum Gasteiger partial charge on any atom is -0.349 e. The normalized spacial score (nSPS) is 18.6. The van der Waals surface area contributed by atoms with Crippen molar-refractivity contribution in [3.8, 4) is 0 Å². The van der Waals surface area contributed by atoms with Gasteiger partial charge in [0.2, 0.25) is 0 Å². The molecule has 2 rings (SSSR count). The summed E-state index contributed by atoms with van der Waals surface area (Å²) in [5, 5.41) is 9.45. The van der Waals surface area contributed by atoms with Crippen molar-refractivity contribution in [2.24, 2.45) is 0 Å². The van der Waals surface area contributed by atoms with Gasteiger partial charge in [-0.15, -0.1) is 0 Å². The average Bonchev–Trinajstić information content (AvgIpc) is 2.83. The first-order valence-electron chi connectivity index (χ1n) is 5.81. The summed E-state index contributed by atoms with van der Waals surface area (Å²) < 4.78 is 0. The molecule has 1 saturated heterocycles. The number of hydrogen-bond acceptors (Lipinski definition) is 3. The molecule has 0 aliphatic carbocycles. The molecule has 1 aliphatic rings. The molecule has 1 aromatic heterocycles. The zero-order valence-corrected chi connectivity index (χ0v) is 9.57. The standard InChI is InChI=1S/C11H18N4O/c1-2-15-5-3-10(4-6-15)14-11(16)9-7-12-13-8-9/h7-8,10H,2-6H2,1H3,(H,12,13)(H,14,16). The van der Waals surface area contributed by atoms with Crippen molar-refractivity contribution in [3.05, 3.63) is 18.0 Å². The largest absolute Gasteiger partial charge is 0.349 e. The molecule has 1 amide bonds. The first kappa shape index (κ1) is 11.1. The van der Waals surface area contributed by atoms with E-state index in [-0.39, 0.29) is 5.91 Å². The number of aromatic nitrogens is 2. The van der Waals surface area contributed by atoms with Crippen LogP contribution in [0.4, 0.5) is 0 Å². The first-order valence-corrected chi connectivity index (χ1v) is 5.81. The van der Waals surface area contributed by atoms with E-state index in [4.69, 9.17) is 0 Å². The number of carbonyl (C=O) groups is 1. The summed E-state index contributed by atoms with van der Waals surface area (Å²) in [6.07, 6.45) is 5.25. The topological polar surface area (TPSA) is 61.0 Å². The number of hydrogen-bond donors (Lipinski definition) is 2. The van der Waals surface area contributed by atoms with Crippen molar-refractivity contribution in [2.75, 3.05) is 19.6 Å². The molecule has 2 N–H and O–H groups in total. The van der Waals surface area contributed by atoms with Crippen LogP contribution in [-0.4, -0.2) is 46.7 Å². The minimum absolute atomic E-state index is 0.0244. The molecule has 0 bridgehead atoms. The molecular formula is C11H18N4O. The van der Waals surface area contributed by atoms with Crippen LogP contribution in [0.5, 0.6) is 0 Å². The van der Waals surface area contributed by atoms with E-state index < -0.39 is 0 Å². The van der Waals surface area contributed by atoms with E-state index in [0.29, 0.717) is 11.6 Å². The molecule has 0 atom stereocenters. The lowest BCUT2D eigenvalue weighted by Gasteiger charge is -2.31. The Kier molecular flexibility index (Phi) is 3.56. The molecule has 16 heavy (non-hydrogen) atoms. The third-order valence-corrected chi connectivity index (χ3v) is 3.13. The molecule has 0 aromatic carbocycles. The Morgan fingerprint density at radius 2 is 2.38 bits per heavy atom. The van der Waals surface area contributed by atoms with E-state index in [2.05, 4.69) is 27.3 Å². The Labute approximate surface area is 95.2 Å². The average molecular weight is 222 g/mol. The second-order valence-electron chi connectivity index (χ2n) is 4.17. The van der Waals surface area contributed by atoms with Gasteiger partial charge in [0.1, 0.15) is 0 Å². The SMILES string of the molecule is CCN1CCC(NC(=O)c2cn[nH]c2)CC1. The Balaban J connectivity index is 1.81. The van der Waals surface area contributed by atoms with Crippen LogP contribution >= 0.6 is 0 Å². The minimum atomic E-state index is -0.0244. The van der Waals surface area contributed by atoms with Crippen LogP contribution in [0.25, 0.3) is 0 Å². The molecule has 1 aromatic rings. The summed E-state index contributed by atoms with van der Waals surface area (Å²) >= 11 is 0. The number of carbonyl (C=O) groups excluding carboxylic acids is 1. The van der Waals surface area contributed by atoms with E-state index in [9.17, 15) is 4.79 Å². The number of piperidine rings is 1. The smallest absolute Gasteiger partial charge is 0.254 e. The predicted molar refractivity (Wildman–Crippen MR) is 61.2 cm³/mol. The molecule has 5 heteroatoms. The second-order valence-corrected chi connectivity index (χ2v) is 4.17. The van der Waals surface area contributed by atoms with Crippen LogP contribution in [0.1, 0.15) is 30.1 Å². The number of rotatable bonds is 3. The third-order valence-electron chi connectivity index (χ3n) is 3.13. The predicted octanol–water partition coefficient (Wildman–Crippen LogP) is 0.624. The highest BCUT2D eigenvalue weighted by molar-refractivity contribution is 5.93. The van der Waals surface area contributed by atoms with Crippen molar-refractivity contribution in [2.45, 2.75) is 25.8 Å². The number of amides is 1. The fourth-order valence-corrected chi connectivity index (χ4v) is 2.04. The molecule has 1 aliphatic heterocycles. The van der Waals surface area contributed by atoms with Crippen LogP contribution in [0.3, 0.4) is 0 Å². The number of nitrogens with zero attached hydrogens (tertiary/aromatic N) is 2. The van der Waals surface area contributed by atoms with Gasteiger partial charge in [-0.1, -0.05) is 6.92 Å². The number of aromatic amines is 1. The monoisotopic (exact) mass is 222 g/mol. The lowest BCUT2D eigenvalue weighted by molar-refractivity contribution is 0.0913. The summed E-state index contributed by atoms with van der Waals surface area (Å²) in [5.74, 6) is -0.0244. The van der Waals surface area contributed by atoms with Crippen molar-refractivity contribution in [1.82, 2.24) is 20.4 Å². The maximum Gasteiger partial charge on any atom is 0.254 e. The molecule has 5 nitrogen and oxygen atoms in total. The molecule has 0 saturated carbocycles. The Hall–Kier alpha value is -1.36. The molecule has 0 unspecified atom stereocenters. The molecule has 88 valence electrons. The number of likely N-dealkylation sites (tertiary alicyclic amines) is 1. The van der Waals surface area contributed by atoms with Crippen molar-refractivity contribution in [3.63, 3.8) is 0 Å².